The second-order valence-corrected chi connectivity index (χ2v) is 3.34. The summed E-state index contributed by atoms with van der Waals surface area (Å²) in [5.74, 6) is 0.556. The molecule has 0 unspecified atom stereocenters. The average Bonchev–Trinajstić information content (AvgIpc) is 2.56. The Bertz CT molecular complexity index is 359. The van der Waals surface area contributed by atoms with E-state index in [2.05, 4.69) is 0 Å². The molecule has 0 spiro atoms. The Morgan fingerprint density at radius 1 is 1.50 bits per heavy atom. The minimum atomic E-state index is -0.807. The SMILES string of the molecule is CCC(=O)[C@H]1Oc2ccccc2[C@H]1O. The number of ketones is 1. The van der Waals surface area contributed by atoms with E-state index in [4.69, 9.17) is 4.74 Å². The van der Waals surface area contributed by atoms with Crippen molar-refractivity contribution < 1.29 is 14.6 Å². The molecule has 0 amide bonds. The molecule has 1 aliphatic rings. The lowest BCUT2D eigenvalue weighted by molar-refractivity contribution is -0.128. The molecule has 1 aromatic carbocycles. The van der Waals surface area contributed by atoms with E-state index < -0.39 is 12.2 Å². The van der Waals surface area contributed by atoms with E-state index in [1.165, 1.54) is 0 Å². The smallest absolute Gasteiger partial charge is 0.186 e. The van der Waals surface area contributed by atoms with Gasteiger partial charge < -0.3 is 9.84 Å². The van der Waals surface area contributed by atoms with Gasteiger partial charge in [0.25, 0.3) is 0 Å². The van der Waals surface area contributed by atoms with Crippen LogP contribution >= 0.6 is 0 Å². The van der Waals surface area contributed by atoms with Crippen LogP contribution in [-0.2, 0) is 4.79 Å². The number of aliphatic hydroxyl groups excluding tert-OH is 1. The van der Waals surface area contributed by atoms with Gasteiger partial charge >= 0.3 is 0 Å². The maximum Gasteiger partial charge on any atom is 0.186 e. The molecule has 1 N–H and O–H groups in total. The third-order valence-electron chi connectivity index (χ3n) is 2.44. The number of hydrogen-bond acceptors (Lipinski definition) is 3. The first-order valence-electron chi connectivity index (χ1n) is 4.70. The Morgan fingerprint density at radius 2 is 2.21 bits per heavy atom. The van der Waals surface area contributed by atoms with Crippen LogP contribution in [0.25, 0.3) is 0 Å². The Labute approximate surface area is 82.3 Å². The predicted molar refractivity (Wildman–Crippen MR) is 51.1 cm³/mol. The summed E-state index contributed by atoms with van der Waals surface area (Å²) < 4.78 is 5.37. The fourth-order valence-corrected chi connectivity index (χ4v) is 1.64. The molecule has 2 rings (SSSR count). The number of aliphatic hydroxyl groups is 1. The Kier molecular flexibility index (Phi) is 2.25. The molecule has 1 heterocycles. The first kappa shape index (κ1) is 9.21. The molecule has 14 heavy (non-hydrogen) atoms. The predicted octanol–water partition coefficient (Wildman–Crippen LogP) is 1.46. The minimum absolute atomic E-state index is 0.0614. The number of para-hydroxylation sites is 1. The van der Waals surface area contributed by atoms with E-state index in [0.29, 0.717) is 17.7 Å². The highest BCUT2D eigenvalue weighted by atomic mass is 16.5. The highest BCUT2D eigenvalue weighted by Crippen LogP contribution is 2.36. The maximum absolute atomic E-state index is 11.4. The molecule has 2 atom stereocenters. The first-order chi connectivity index (χ1) is 6.74. The number of fused-ring (bicyclic) bond motifs is 1. The number of hydrogen-bond donors (Lipinski definition) is 1. The van der Waals surface area contributed by atoms with Crippen LogP contribution < -0.4 is 4.74 Å². The topological polar surface area (TPSA) is 46.5 Å². The normalized spacial score (nSPS) is 24.1. The molecule has 3 nitrogen and oxygen atoms in total. The van der Waals surface area contributed by atoms with E-state index in [-0.39, 0.29) is 5.78 Å². The van der Waals surface area contributed by atoms with Gasteiger partial charge in [-0.2, -0.15) is 0 Å². The molecule has 0 fully saturated rings. The highest BCUT2D eigenvalue weighted by Gasteiger charge is 2.36. The first-order valence-corrected chi connectivity index (χ1v) is 4.70. The van der Waals surface area contributed by atoms with Gasteiger partial charge in [0, 0.05) is 12.0 Å². The van der Waals surface area contributed by atoms with Crippen LogP contribution in [0, 0.1) is 0 Å². The molecular weight excluding hydrogens is 180 g/mol. The number of carbonyl (C=O) groups excluding carboxylic acids is 1. The van der Waals surface area contributed by atoms with Crippen LogP contribution in [0.3, 0.4) is 0 Å². The second kappa shape index (κ2) is 3.42. The highest BCUT2D eigenvalue weighted by molar-refractivity contribution is 5.85. The average molecular weight is 192 g/mol. The fraction of sp³-hybridized carbons (Fsp3) is 0.364. The van der Waals surface area contributed by atoms with Crippen LogP contribution in [0.15, 0.2) is 24.3 Å². The molecule has 1 aromatic rings. The third-order valence-corrected chi connectivity index (χ3v) is 2.44. The number of rotatable bonds is 2. The Balaban J connectivity index is 2.30. The van der Waals surface area contributed by atoms with Gasteiger partial charge in [-0.05, 0) is 6.07 Å². The van der Waals surface area contributed by atoms with Crippen LogP contribution in [0.1, 0.15) is 25.0 Å². The summed E-state index contributed by atoms with van der Waals surface area (Å²) in [5.41, 5.74) is 0.708. The van der Waals surface area contributed by atoms with Crippen molar-refractivity contribution in [3.05, 3.63) is 29.8 Å². The molecule has 0 saturated carbocycles. The molecule has 1 aliphatic heterocycles. The Hall–Kier alpha value is -1.35. The zero-order chi connectivity index (χ0) is 10.1. The lowest BCUT2D eigenvalue weighted by Gasteiger charge is -2.11. The van der Waals surface area contributed by atoms with Gasteiger partial charge in [-0.1, -0.05) is 25.1 Å². The zero-order valence-corrected chi connectivity index (χ0v) is 7.93. The van der Waals surface area contributed by atoms with Crippen molar-refractivity contribution in [1.82, 2.24) is 0 Å². The zero-order valence-electron chi connectivity index (χ0n) is 7.93. The van der Waals surface area contributed by atoms with Gasteiger partial charge in [0.1, 0.15) is 11.9 Å². The van der Waals surface area contributed by atoms with Gasteiger partial charge in [0.15, 0.2) is 11.9 Å². The van der Waals surface area contributed by atoms with Crippen molar-refractivity contribution in [2.45, 2.75) is 25.6 Å². The van der Waals surface area contributed by atoms with Gasteiger partial charge in [0.2, 0.25) is 0 Å². The van der Waals surface area contributed by atoms with Crippen molar-refractivity contribution in [3.8, 4) is 5.75 Å². The lowest BCUT2D eigenvalue weighted by atomic mass is 10.0. The largest absolute Gasteiger partial charge is 0.479 e. The molecule has 74 valence electrons. The monoisotopic (exact) mass is 192 g/mol. The van der Waals surface area contributed by atoms with Gasteiger partial charge in [-0.15, -0.1) is 0 Å². The van der Waals surface area contributed by atoms with E-state index in [1.54, 1.807) is 19.1 Å². The molecule has 0 saturated heterocycles. The standard InChI is InChI=1S/C11H12O3/c1-2-8(12)11-10(13)7-5-3-4-6-9(7)14-11/h3-6,10-11,13H,2H2,1H3/t10-,11-/m1/s1. The van der Waals surface area contributed by atoms with Crippen molar-refractivity contribution in [3.63, 3.8) is 0 Å². The van der Waals surface area contributed by atoms with Gasteiger partial charge in [-0.3, -0.25) is 4.79 Å². The molecule has 0 aromatic heterocycles. The summed E-state index contributed by atoms with van der Waals surface area (Å²) in [7, 11) is 0. The number of ether oxygens (including phenoxy) is 1. The van der Waals surface area contributed by atoms with Crippen LogP contribution in [0.2, 0.25) is 0 Å². The number of Topliss-reactive ketones (excluding diaryl/α,β-unsaturated/α-hetero) is 1. The molecule has 0 radical (unpaired) electrons. The number of carbonyl (C=O) groups is 1. The van der Waals surface area contributed by atoms with E-state index >= 15 is 0 Å². The minimum Gasteiger partial charge on any atom is -0.479 e. The summed E-state index contributed by atoms with van der Waals surface area (Å²) >= 11 is 0. The van der Waals surface area contributed by atoms with Gasteiger partial charge in [0.05, 0.1) is 0 Å². The van der Waals surface area contributed by atoms with E-state index in [1.807, 2.05) is 12.1 Å². The van der Waals surface area contributed by atoms with Crippen molar-refractivity contribution in [2.75, 3.05) is 0 Å². The van der Waals surface area contributed by atoms with Crippen molar-refractivity contribution >= 4 is 5.78 Å². The third kappa shape index (κ3) is 1.30. The van der Waals surface area contributed by atoms with Gasteiger partial charge in [-0.25, -0.2) is 0 Å². The lowest BCUT2D eigenvalue weighted by Crippen LogP contribution is -2.28. The van der Waals surface area contributed by atoms with E-state index in [9.17, 15) is 9.90 Å². The summed E-state index contributed by atoms with van der Waals surface area (Å²) in [6.45, 7) is 1.77. The maximum atomic E-state index is 11.4. The van der Waals surface area contributed by atoms with Crippen LogP contribution in [0.5, 0.6) is 5.75 Å². The summed E-state index contributed by atoms with van der Waals surface area (Å²) in [6.07, 6.45) is -1.13. The number of benzene rings is 1. The fourth-order valence-electron chi connectivity index (χ4n) is 1.64. The molecule has 0 bridgehead atoms. The second-order valence-electron chi connectivity index (χ2n) is 3.34. The summed E-state index contributed by atoms with van der Waals surface area (Å²) in [4.78, 5) is 11.4. The quantitative estimate of drug-likeness (QED) is 0.771. The van der Waals surface area contributed by atoms with E-state index in [0.717, 1.165) is 0 Å². The van der Waals surface area contributed by atoms with Crippen molar-refractivity contribution in [2.24, 2.45) is 0 Å². The Morgan fingerprint density at radius 3 is 2.86 bits per heavy atom. The molecule has 3 heteroatoms. The summed E-state index contributed by atoms with van der Waals surface area (Å²) in [5, 5.41) is 9.80. The van der Waals surface area contributed by atoms with Crippen LogP contribution in [0.4, 0.5) is 0 Å². The summed E-state index contributed by atoms with van der Waals surface area (Å²) in [6, 6.07) is 7.19. The molecule has 0 aliphatic carbocycles. The van der Waals surface area contributed by atoms with Crippen molar-refractivity contribution in [1.29, 1.82) is 0 Å². The molecular formula is C11H12O3. The van der Waals surface area contributed by atoms with Crippen LogP contribution in [-0.4, -0.2) is 17.0 Å².